The Labute approximate surface area is 103 Å². The van der Waals surface area contributed by atoms with Gasteiger partial charge in [-0.25, -0.2) is 0 Å². The standard InChI is InChI=1S/C14H19O2P/c1-4-12(15)11-13(5-2)17(3,16)14-9-7-6-8-10-14/h6-11H,4-5H2,1-3H3/b13-11+. The van der Waals surface area contributed by atoms with Crippen LogP contribution in [0.1, 0.15) is 26.7 Å². The van der Waals surface area contributed by atoms with E-state index in [2.05, 4.69) is 0 Å². The molecule has 3 heteroatoms. The zero-order valence-corrected chi connectivity index (χ0v) is 11.5. The summed E-state index contributed by atoms with van der Waals surface area (Å²) >= 11 is 0. The lowest BCUT2D eigenvalue weighted by Crippen LogP contribution is -2.06. The Balaban J connectivity index is 3.16. The highest BCUT2D eigenvalue weighted by Gasteiger charge is 2.22. The fourth-order valence-electron chi connectivity index (χ4n) is 1.69. The van der Waals surface area contributed by atoms with Crippen molar-refractivity contribution in [2.45, 2.75) is 26.7 Å². The maximum atomic E-state index is 12.8. The molecule has 1 aromatic carbocycles. The van der Waals surface area contributed by atoms with Gasteiger partial charge in [0.25, 0.3) is 0 Å². The van der Waals surface area contributed by atoms with E-state index >= 15 is 0 Å². The number of hydrogen-bond acceptors (Lipinski definition) is 2. The molecule has 0 aliphatic carbocycles. The van der Waals surface area contributed by atoms with E-state index in [1.54, 1.807) is 12.7 Å². The van der Waals surface area contributed by atoms with Crippen LogP contribution < -0.4 is 5.30 Å². The smallest absolute Gasteiger partial charge is 0.155 e. The van der Waals surface area contributed by atoms with Crippen LogP contribution in [0.3, 0.4) is 0 Å². The first-order chi connectivity index (χ1) is 8.02. The number of hydrogen-bond donors (Lipinski definition) is 0. The quantitative estimate of drug-likeness (QED) is 0.591. The Morgan fingerprint density at radius 3 is 2.24 bits per heavy atom. The maximum Gasteiger partial charge on any atom is 0.155 e. The lowest BCUT2D eigenvalue weighted by molar-refractivity contribution is -0.114. The van der Waals surface area contributed by atoms with Crippen LogP contribution in [0.15, 0.2) is 41.7 Å². The molecule has 1 aromatic rings. The van der Waals surface area contributed by atoms with Crippen molar-refractivity contribution in [1.29, 1.82) is 0 Å². The fourth-order valence-corrected chi connectivity index (χ4v) is 3.76. The van der Waals surface area contributed by atoms with Gasteiger partial charge in [0.1, 0.15) is 7.14 Å². The summed E-state index contributed by atoms with van der Waals surface area (Å²) < 4.78 is 12.8. The SMILES string of the molecule is CCC(=O)/C=C(\CC)P(C)(=O)c1ccccc1. The van der Waals surface area contributed by atoms with Crippen LogP contribution in [0.5, 0.6) is 0 Å². The number of carbonyl (C=O) groups excluding carboxylic acids is 1. The molecule has 0 heterocycles. The van der Waals surface area contributed by atoms with Crippen LogP contribution in [0, 0.1) is 0 Å². The number of rotatable bonds is 5. The van der Waals surface area contributed by atoms with Crippen molar-refractivity contribution < 1.29 is 9.36 Å². The van der Waals surface area contributed by atoms with Gasteiger partial charge in [-0.05, 0) is 24.5 Å². The van der Waals surface area contributed by atoms with Gasteiger partial charge in [-0.2, -0.15) is 0 Å². The summed E-state index contributed by atoms with van der Waals surface area (Å²) in [4.78, 5) is 11.5. The molecule has 0 N–H and O–H groups in total. The highest BCUT2D eigenvalue weighted by atomic mass is 31.2. The molecule has 0 bridgehead atoms. The van der Waals surface area contributed by atoms with Crippen molar-refractivity contribution in [2.75, 3.05) is 6.66 Å². The first-order valence-corrected chi connectivity index (χ1v) is 8.04. The van der Waals surface area contributed by atoms with Gasteiger partial charge in [0.15, 0.2) is 5.78 Å². The molecule has 1 rings (SSSR count). The topological polar surface area (TPSA) is 34.1 Å². The van der Waals surface area contributed by atoms with Crippen LogP contribution in [0.25, 0.3) is 0 Å². The zero-order valence-electron chi connectivity index (χ0n) is 10.6. The van der Waals surface area contributed by atoms with Gasteiger partial charge in [0, 0.05) is 11.7 Å². The molecule has 0 aliphatic heterocycles. The van der Waals surface area contributed by atoms with Crippen molar-refractivity contribution in [1.82, 2.24) is 0 Å². The lowest BCUT2D eigenvalue weighted by Gasteiger charge is -2.16. The molecular weight excluding hydrogens is 231 g/mol. The van der Waals surface area contributed by atoms with E-state index in [1.165, 1.54) is 0 Å². The third-order valence-electron chi connectivity index (χ3n) is 2.84. The lowest BCUT2D eigenvalue weighted by atomic mass is 10.2. The van der Waals surface area contributed by atoms with E-state index in [0.717, 1.165) is 10.6 Å². The van der Waals surface area contributed by atoms with Crippen LogP contribution in [-0.4, -0.2) is 12.4 Å². The molecule has 0 fully saturated rings. The van der Waals surface area contributed by atoms with Crippen molar-refractivity contribution >= 4 is 18.2 Å². The van der Waals surface area contributed by atoms with E-state index in [-0.39, 0.29) is 5.78 Å². The number of ketones is 1. The Kier molecular flexibility index (Phi) is 4.89. The summed E-state index contributed by atoms with van der Waals surface area (Å²) in [6, 6.07) is 9.37. The Bertz CT molecular complexity index is 460. The molecule has 0 spiro atoms. The second-order valence-corrected chi connectivity index (χ2v) is 7.01. The third kappa shape index (κ3) is 3.41. The van der Waals surface area contributed by atoms with Crippen molar-refractivity contribution in [3.63, 3.8) is 0 Å². The molecule has 0 aliphatic rings. The summed E-state index contributed by atoms with van der Waals surface area (Å²) in [6.07, 6.45) is 2.67. The Hall–Kier alpha value is -1.14. The first kappa shape index (κ1) is 13.9. The number of allylic oxidation sites excluding steroid dienone is 2. The molecule has 1 unspecified atom stereocenters. The molecule has 92 valence electrons. The average Bonchev–Trinajstić information content (AvgIpc) is 2.36. The van der Waals surface area contributed by atoms with Gasteiger partial charge in [-0.15, -0.1) is 0 Å². The molecule has 0 saturated carbocycles. The van der Waals surface area contributed by atoms with Gasteiger partial charge >= 0.3 is 0 Å². The predicted molar refractivity (Wildman–Crippen MR) is 73.3 cm³/mol. The molecule has 2 nitrogen and oxygen atoms in total. The largest absolute Gasteiger partial charge is 0.314 e. The van der Waals surface area contributed by atoms with E-state index < -0.39 is 7.14 Å². The van der Waals surface area contributed by atoms with E-state index in [1.807, 2.05) is 44.2 Å². The Morgan fingerprint density at radius 1 is 1.18 bits per heavy atom. The zero-order chi connectivity index (χ0) is 12.9. The molecular formula is C14H19O2P. The monoisotopic (exact) mass is 250 g/mol. The van der Waals surface area contributed by atoms with Crippen molar-refractivity contribution in [2.24, 2.45) is 0 Å². The van der Waals surface area contributed by atoms with Gasteiger partial charge in [-0.3, -0.25) is 4.79 Å². The number of benzene rings is 1. The second kappa shape index (κ2) is 5.97. The van der Waals surface area contributed by atoms with Crippen LogP contribution in [0.2, 0.25) is 0 Å². The normalized spacial score (nSPS) is 15.4. The van der Waals surface area contributed by atoms with Crippen LogP contribution in [-0.2, 0) is 9.36 Å². The van der Waals surface area contributed by atoms with Crippen molar-refractivity contribution in [3.05, 3.63) is 41.7 Å². The average molecular weight is 250 g/mol. The van der Waals surface area contributed by atoms with E-state index in [0.29, 0.717) is 12.8 Å². The van der Waals surface area contributed by atoms with Crippen LogP contribution in [0.4, 0.5) is 0 Å². The molecule has 1 atom stereocenters. The molecule has 0 saturated heterocycles. The molecule has 0 amide bonds. The first-order valence-electron chi connectivity index (χ1n) is 5.89. The minimum absolute atomic E-state index is 0.0415. The van der Waals surface area contributed by atoms with E-state index in [4.69, 9.17) is 0 Å². The summed E-state index contributed by atoms with van der Waals surface area (Å²) in [5.41, 5.74) is 0. The van der Waals surface area contributed by atoms with Gasteiger partial charge in [-0.1, -0.05) is 44.2 Å². The van der Waals surface area contributed by atoms with Gasteiger partial charge in [0.2, 0.25) is 0 Å². The molecule has 0 radical (unpaired) electrons. The van der Waals surface area contributed by atoms with E-state index in [9.17, 15) is 9.36 Å². The maximum absolute atomic E-state index is 12.8. The highest BCUT2D eigenvalue weighted by molar-refractivity contribution is 7.74. The third-order valence-corrected chi connectivity index (χ3v) is 5.66. The summed E-state index contributed by atoms with van der Waals surface area (Å²) in [6.45, 7) is 5.49. The second-order valence-electron chi connectivity index (χ2n) is 4.07. The fraction of sp³-hybridized carbons (Fsp3) is 0.357. The summed E-state index contributed by atoms with van der Waals surface area (Å²) in [7, 11) is -2.58. The van der Waals surface area contributed by atoms with Crippen LogP contribution >= 0.6 is 7.14 Å². The predicted octanol–water partition coefficient (Wildman–Crippen LogP) is 3.58. The molecule has 0 aromatic heterocycles. The minimum atomic E-state index is -2.58. The van der Waals surface area contributed by atoms with Crippen molar-refractivity contribution in [3.8, 4) is 0 Å². The number of carbonyl (C=O) groups is 1. The highest BCUT2D eigenvalue weighted by Crippen LogP contribution is 2.50. The van der Waals surface area contributed by atoms with Gasteiger partial charge < -0.3 is 4.57 Å². The van der Waals surface area contributed by atoms with Gasteiger partial charge in [0.05, 0.1) is 0 Å². The minimum Gasteiger partial charge on any atom is -0.314 e. The summed E-state index contributed by atoms with van der Waals surface area (Å²) in [5, 5.41) is 1.58. The Morgan fingerprint density at radius 2 is 1.76 bits per heavy atom. The molecule has 17 heavy (non-hydrogen) atoms. The summed E-state index contributed by atoms with van der Waals surface area (Å²) in [5.74, 6) is 0.0415.